The predicted molar refractivity (Wildman–Crippen MR) is 240 cm³/mol. The summed E-state index contributed by atoms with van der Waals surface area (Å²) < 4.78 is 18.0. The summed E-state index contributed by atoms with van der Waals surface area (Å²) in [6.45, 7) is 18.6. The maximum absolute atomic E-state index is 12.6. The van der Waals surface area contributed by atoms with Crippen molar-refractivity contribution in [3.8, 4) is 0 Å². The average Bonchev–Trinajstić information content (AvgIpc) is 3.58. The van der Waals surface area contributed by atoms with Gasteiger partial charge < -0.3 is 29.5 Å². The third-order valence-electron chi connectivity index (χ3n) is 17.1. The van der Waals surface area contributed by atoms with Crippen LogP contribution >= 0.6 is 0 Å². The molecule has 3 N–H and O–H groups in total. The summed E-state index contributed by atoms with van der Waals surface area (Å²) >= 11 is 0. The van der Waals surface area contributed by atoms with Gasteiger partial charge in [0.25, 0.3) is 0 Å². The highest BCUT2D eigenvalue weighted by Crippen LogP contribution is 2.67. The number of esters is 1. The number of fused-ring (bicyclic) bond motifs is 5. The molecular formula is C52H90O7. The normalized spacial score (nSPS) is 36.5. The summed E-state index contributed by atoms with van der Waals surface area (Å²) in [6.07, 6.45) is 27.1. The molecule has 340 valence electrons. The van der Waals surface area contributed by atoms with Crippen molar-refractivity contribution >= 4 is 5.97 Å². The molecule has 7 nitrogen and oxygen atoms in total. The summed E-state index contributed by atoms with van der Waals surface area (Å²) in [5.74, 6) is 4.15. The number of ether oxygens (including phenoxy) is 3. The summed E-state index contributed by atoms with van der Waals surface area (Å²) in [5, 5.41) is 32.5. The number of aliphatic hydroxyl groups is 3. The number of rotatable bonds is 25. The number of carbonyl (C=O) groups excluding carboxylic acids is 1. The Morgan fingerprint density at radius 1 is 0.831 bits per heavy atom. The second-order valence-corrected chi connectivity index (χ2v) is 21.0. The zero-order valence-corrected chi connectivity index (χ0v) is 38.8. The first-order valence-electron chi connectivity index (χ1n) is 25.2. The van der Waals surface area contributed by atoms with Gasteiger partial charge in [0, 0.05) is 6.42 Å². The van der Waals surface area contributed by atoms with Gasteiger partial charge in [0.15, 0.2) is 6.29 Å². The van der Waals surface area contributed by atoms with Gasteiger partial charge in [0.2, 0.25) is 0 Å². The third kappa shape index (κ3) is 12.5. The Morgan fingerprint density at radius 3 is 2.10 bits per heavy atom. The Balaban J connectivity index is 1.03. The molecule has 3 saturated carbocycles. The van der Waals surface area contributed by atoms with E-state index in [9.17, 15) is 20.1 Å². The van der Waals surface area contributed by atoms with E-state index in [0.29, 0.717) is 23.7 Å². The Bertz CT molecular complexity index is 1310. The second-order valence-electron chi connectivity index (χ2n) is 21.0. The topological polar surface area (TPSA) is 105 Å². The van der Waals surface area contributed by atoms with E-state index < -0.39 is 30.7 Å². The lowest BCUT2D eigenvalue weighted by Crippen LogP contribution is -2.60. The van der Waals surface area contributed by atoms with E-state index in [2.05, 4.69) is 54.2 Å². The summed E-state index contributed by atoms with van der Waals surface area (Å²) in [6, 6.07) is 0. The number of hydrogen-bond acceptors (Lipinski definition) is 7. The van der Waals surface area contributed by atoms with Crippen LogP contribution in [-0.4, -0.2) is 64.7 Å². The minimum absolute atomic E-state index is 0.145. The van der Waals surface area contributed by atoms with Crippen molar-refractivity contribution in [1.82, 2.24) is 0 Å². The van der Waals surface area contributed by atoms with Gasteiger partial charge in [0.05, 0.1) is 6.10 Å². The summed E-state index contributed by atoms with van der Waals surface area (Å²) in [7, 11) is 0. The van der Waals surface area contributed by atoms with Crippen molar-refractivity contribution in [3.05, 3.63) is 23.8 Å². The van der Waals surface area contributed by atoms with Crippen molar-refractivity contribution in [2.45, 2.75) is 245 Å². The van der Waals surface area contributed by atoms with Gasteiger partial charge in [-0.2, -0.15) is 0 Å². The fourth-order valence-electron chi connectivity index (χ4n) is 13.3. The van der Waals surface area contributed by atoms with Crippen molar-refractivity contribution in [2.75, 3.05) is 6.61 Å². The van der Waals surface area contributed by atoms with Crippen LogP contribution in [0, 0.1) is 46.3 Å². The van der Waals surface area contributed by atoms with Crippen molar-refractivity contribution in [3.63, 3.8) is 0 Å². The van der Waals surface area contributed by atoms with E-state index in [4.69, 9.17) is 14.2 Å². The van der Waals surface area contributed by atoms with Crippen LogP contribution in [0.3, 0.4) is 0 Å². The molecule has 0 aromatic rings. The first-order valence-corrected chi connectivity index (χ1v) is 25.2. The molecule has 0 radical (unpaired) electrons. The molecule has 4 fully saturated rings. The molecule has 0 spiro atoms. The molecule has 1 saturated heterocycles. The van der Waals surface area contributed by atoms with Gasteiger partial charge in [-0.05, 0) is 130 Å². The van der Waals surface area contributed by atoms with Crippen LogP contribution < -0.4 is 0 Å². The highest BCUT2D eigenvalue weighted by Gasteiger charge is 2.59. The molecule has 7 heteroatoms. The standard InChI is InChI=1S/C52H90O7/c1-8-10-11-12-13-14-15-16-17-18-19-20-21-22-23-46(53)57-35-45-47(54)48(55)49(56)50(59-45)58-40-30-32-51(6)39(34-40)26-27-41-43-29-28-42(52(43,7)33-31-44(41)51)37(5)24-25-38(9-2)36(3)4/h26,37-38,40-45,47-50,54-56H,3,8-25,27-35H2,1-2,4-7H3/t37-,38+,40+,41+,42-,43+,44+,45-,47-,48+,49-,50-,51+,52-/m1/s1. The predicted octanol–water partition coefficient (Wildman–Crippen LogP) is 12.2. The van der Waals surface area contributed by atoms with Gasteiger partial charge in [-0.1, -0.05) is 142 Å². The highest BCUT2D eigenvalue weighted by atomic mass is 16.7. The van der Waals surface area contributed by atoms with Crippen LogP contribution in [0.4, 0.5) is 0 Å². The Morgan fingerprint density at radius 2 is 1.47 bits per heavy atom. The molecule has 5 rings (SSSR count). The quantitative estimate of drug-likeness (QED) is 0.0478. The fourth-order valence-corrected chi connectivity index (χ4v) is 13.3. The monoisotopic (exact) mass is 827 g/mol. The van der Waals surface area contributed by atoms with Gasteiger partial charge >= 0.3 is 5.97 Å². The summed E-state index contributed by atoms with van der Waals surface area (Å²) in [5.41, 5.74) is 3.44. The van der Waals surface area contributed by atoms with Crippen LogP contribution in [0.25, 0.3) is 0 Å². The van der Waals surface area contributed by atoms with Crippen LogP contribution in [0.2, 0.25) is 0 Å². The van der Waals surface area contributed by atoms with Crippen molar-refractivity contribution in [2.24, 2.45) is 46.3 Å². The fraction of sp³-hybridized carbons (Fsp3) is 0.904. The van der Waals surface area contributed by atoms with Gasteiger partial charge in [-0.15, -0.1) is 0 Å². The number of carbonyl (C=O) groups is 1. The lowest BCUT2D eigenvalue weighted by atomic mass is 9.47. The van der Waals surface area contributed by atoms with Crippen molar-refractivity contribution in [1.29, 1.82) is 0 Å². The lowest BCUT2D eigenvalue weighted by Gasteiger charge is -2.58. The molecule has 0 bridgehead atoms. The molecule has 0 amide bonds. The molecule has 1 aliphatic heterocycles. The minimum atomic E-state index is -1.44. The number of allylic oxidation sites excluding steroid dienone is 2. The molecule has 14 atom stereocenters. The minimum Gasteiger partial charge on any atom is -0.463 e. The molecule has 0 aromatic heterocycles. The maximum Gasteiger partial charge on any atom is 0.305 e. The summed E-state index contributed by atoms with van der Waals surface area (Å²) in [4.78, 5) is 12.6. The van der Waals surface area contributed by atoms with E-state index in [-0.39, 0.29) is 24.1 Å². The molecule has 0 aromatic carbocycles. The highest BCUT2D eigenvalue weighted by molar-refractivity contribution is 5.69. The number of unbranched alkanes of at least 4 members (excludes halogenated alkanes) is 13. The van der Waals surface area contributed by atoms with Gasteiger partial charge in [0.1, 0.15) is 31.0 Å². The molecule has 0 unspecified atom stereocenters. The van der Waals surface area contributed by atoms with E-state index >= 15 is 0 Å². The zero-order valence-electron chi connectivity index (χ0n) is 38.8. The zero-order chi connectivity index (χ0) is 42.6. The van der Waals surface area contributed by atoms with Crippen LogP contribution in [-0.2, 0) is 19.0 Å². The van der Waals surface area contributed by atoms with Crippen LogP contribution in [0.5, 0.6) is 0 Å². The first-order chi connectivity index (χ1) is 28.3. The molecular weight excluding hydrogens is 737 g/mol. The van der Waals surface area contributed by atoms with Crippen LogP contribution in [0.15, 0.2) is 23.8 Å². The largest absolute Gasteiger partial charge is 0.463 e. The van der Waals surface area contributed by atoms with Gasteiger partial charge in [-0.25, -0.2) is 0 Å². The Kier molecular flexibility index (Phi) is 19.4. The smallest absolute Gasteiger partial charge is 0.305 e. The van der Waals surface area contributed by atoms with E-state index in [1.54, 1.807) is 0 Å². The molecule has 4 aliphatic carbocycles. The SMILES string of the molecule is C=C(C)[C@@H](CC)CC[C@@H](C)[C@H]1CC[C@H]2[C@@H]3CC=C4C[C@@H](O[C@@H]5O[C@H](COC(=O)CCCCCCCCCCCCCCCC)[C@@H](O)[C@H](O)[C@H]5O)CC[C@]4(C)[C@H]3CC[C@]12C. The van der Waals surface area contributed by atoms with E-state index in [1.807, 2.05) is 0 Å². The Hall–Kier alpha value is -1.25. The molecule has 59 heavy (non-hydrogen) atoms. The molecule has 1 heterocycles. The van der Waals surface area contributed by atoms with E-state index in [0.717, 1.165) is 68.6 Å². The first kappa shape index (κ1) is 48.8. The number of hydrogen-bond donors (Lipinski definition) is 3. The van der Waals surface area contributed by atoms with Crippen molar-refractivity contribution < 1.29 is 34.3 Å². The second kappa shape index (κ2) is 23.4. The number of aliphatic hydroxyl groups excluding tert-OH is 3. The molecule has 5 aliphatic rings. The van der Waals surface area contributed by atoms with Gasteiger partial charge in [-0.3, -0.25) is 4.79 Å². The third-order valence-corrected chi connectivity index (χ3v) is 17.1. The lowest BCUT2D eigenvalue weighted by molar-refractivity contribution is -0.313. The Labute approximate surface area is 361 Å². The van der Waals surface area contributed by atoms with E-state index in [1.165, 1.54) is 127 Å². The van der Waals surface area contributed by atoms with Crippen LogP contribution in [0.1, 0.15) is 208 Å². The maximum atomic E-state index is 12.6. The average molecular weight is 827 g/mol.